The third kappa shape index (κ3) is 7.03. The zero-order valence-electron chi connectivity index (χ0n) is 7.05. The number of unbranched alkanes of at least 4 members (excludes halogenated alkanes) is 1. The van der Waals surface area contributed by atoms with Gasteiger partial charge in [0.2, 0.25) is 0 Å². The van der Waals surface area contributed by atoms with Crippen molar-refractivity contribution < 1.29 is 14.3 Å². The van der Waals surface area contributed by atoms with Gasteiger partial charge in [0.25, 0.3) is 0 Å². The summed E-state index contributed by atoms with van der Waals surface area (Å²) in [6.07, 6.45) is 2.38. The summed E-state index contributed by atoms with van der Waals surface area (Å²) in [7, 11) is 0. The Labute approximate surface area is 66.7 Å². The lowest BCUT2D eigenvalue weighted by atomic mass is 10.2. The van der Waals surface area contributed by atoms with Gasteiger partial charge in [-0.2, -0.15) is 0 Å². The molecule has 0 fully saturated rings. The zero-order chi connectivity index (χ0) is 8.69. The molecule has 3 heteroatoms. The first-order valence-electron chi connectivity index (χ1n) is 3.82. The van der Waals surface area contributed by atoms with Crippen LogP contribution < -0.4 is 0 Å². The summed E-state index contributed by atoms with van der Waals surface area (Å²) in [6.45, 7) is 3.25. The van der Waals surface area contributed by atoms with Crippen LogP contribution in [0.1, 0.15) is 33.1 Å². The molecule has 0 saturated carbocycles. The highest BCUT2D eigenvalue weighted by Gasteiger charge is 2.02. The van der Waals surface area contributed by atoms with Gasteiger partial charge in [0.1, 0.15) is 6.61 Å². The second-order valence-electron chi connectivity index (χ2n) is 2.42. The van der Waals surface area contributed by atoms with Gasteiger partial charge in [-0.1, -0.05) is 13.3 Å². The smallest absolute Gasteiger partial charge is 0.303 e. The van der Waals surface area contributed by atoms with E-state index < -0.39 is 5.97 Å². The maximum absolute atomic E-state index is 10.8. The van der Waals surface area contributed by atoms with E-state index in [0.717, 1.165) is 12.8 Å². The standard InChI is InChI=1S/C8H14O3/c1-3-4-5-8(10)6-11-7(2)9/h3-6H2,1-2H3. The quantitative estimate of drug-likeness (QED) is 0.566. The fourth-order valence-corrected chi connectivity index (χ4v) is 0.628. The predicted molar refractivity (Wildman–Crippen MR) is 41.2 cm³/mol. The van der Waals surface area contributed by atoms with Crippen LogP contribution >= 0.6 is 0 Å². The molecule has 0 radical (unpaired) electrons. The van der Waals surface area contributed by atoms with Gasteiger partial charge in [-0.3, -0.25) is 9.59 Å². The first-order chi connectivity index (χ1) is 5.16. The maximum atomic E-state index is 10.8. The van der Waals surface area contributed by atoms with Crippen molar-refractivity contribution in [1.82, 2.24) is 0 Å². The van der Waals surface area contributed by atoms with Crippen LogP contribution in [0.4, 0.5) is 0 Å². The SMILES string of the molecule is CCCCC(=O)COC(C)=O. The lowest BCUT2D eigenvalue weighted by molar-refractivity contribution is -0.145. The van der Waals surface area contributed by atoms with Crippen molar-refractivity contribution in [3.05, 3.63) is 0 Å². The second kappa shape index (κ2) is 5.89. The second-order valence-corrected chi connectivity index (χ2v) is 2.42. The van der Waals surface area contributed by atoms with Crippen molar-refractivity contribution in [2.75, 3.05) is 6.61 Å². The highest BCUT2D eigenvalue weighted by Crippen LogP contribution is 1.95. The molecule has 0 aromatic heterocycles. The monoisotopic (exact) mass is 158 g/mol. The van der Waals surface area contributed by atoms with Gasteiger partial charge in [0, 0.05) is 13.3 Å². The van der Waals surface area contributed by atoms with Crippen LogP contribution in [0.15, 0.2) is 0 Å². The molecule has 3 nitrogen and oxygen atoms in total. The van der Waals surface area contributed by atoms with Crippen molar-refractivity contribution in [3.63, 3.8) is 0 Å². The van der Waals surface area contributed by atoms with E-state index in [9.17, 15) is 9.59 Å². The molecule has 0 aliphatic carbocycles. The first-order valence-corrected chi connectivity index (χ1v) is 3.82. The van der Waals surface area contributed by atoms with Gasteiger partial charge < -0.3 is 4.74 Å². The number of esters is 1. The van der Waals surface area contributed by atoms with Crippen LogP contribution in [-0.4, -0.2) is 18.4 Å². The molecule has 0 unspecified atom stereocenters. The van der Waals surface area contributed by atoms with E-state index in [1.807, 2.05) is 6.92 Å². The molecule has 0 aromatic carbocycles. The molecular formula is C8H14O3. The van der Waals surface area contributed by atoms with Gasteiger partial charge in [0.15, 0.2) is 5.78 Å². The summed E-state index contributed by atoms with van der Waals surface area (Å²) in [5.74, 6) is -0.392. The van der Waals surface area contributed by atoms with E-state index in [0.29, 0.717) is 6.42 Å². The molecule has 0 aliphatic rings. The Morgan fingerprint density at radius 3 is 2.45 bits per heavy atom. The zero-order valence-corrected chi connectivity index (χ0v) is 7.05. The van der Waals surface area contributed by atoms with Crippen LogP contribution in [0.2, 0.25) is 0 Å². The van der Waals surface area contributed by atoms with Gasteiger partial charge in [-0.05, 0) is 6.42 Å². The fourth-order valence-electron chi connectivity index (χ4n) is 0.628. The van der Waals surface area contributed by atoms with Crippen molar-refractivity contribution >= 4 is 11.8 Å². The fraction of sp³-hybridized carbons (Fsp3) is 0.750. The number of carbonyl (C=O) groups is 2. The van der Waals surface area contributed by atoms with Crippen LogP contribution in [0.25, 0.3) is 0 Å². The molecule has 0 heterocycles. The number of ether oxygens (including phenoxy) is 1. The highest BCUT2D eigenvalue weighted by atomic mass is 16.5. The Bertz CT molecular complexity index is 140. The van der Waals surface area contributed by atoms with E-state index in [1.165, 1.54) is 6.92 Å². The Hall–Kier alpha value is -0.860. The molecule has 0 spiro atoms. The summed E-state index contributed by atoms with van der Waals surface area (Å²) in [4.78, 5) is 21.1. The number of hydrogen-bond donors (Lipinski definition) is 0. The Morgan fingerprint density at radius 1 is 1.36 bits per heavy atom. The molecule has 0 saturated heterocycles. The third-order valence-corrected chi connectivity index (χ3v) is 1.25. The lowest BCUT2D eigenvalue weighted by Crippen LogP contribution is -2.10. The van der Waals surface area contributed by atoms with Gasteiger partial charge in [-0.25, -0.2) is 0 Å². The Balaban J connectivity index is 3.30. The van der Waals surface area contributed by atoms with Crippen molar-refractivity contribution in [2.45, 2.75) is 33.1 Å². The average molecular weight is 158 g/mol. The predicted octanol–water partition coefficient (Wildman–Crippen LogP) is 1.31. The first kappa shape index (κ1) is 10.1. The maximum Gasteiger partial charge on any atom is 0.303 e. The third-order valence-electron chi connectivity index (χ3n) is 1.25. The highest BCUT2D eigenvalue weighted by molar-refractivity contribution is 5.81. The van der Waals surface area contributed by atoms with Gasteiger partial charge >= 0.3 is 5.97 Å². The average Bonchev–Trinajstić information content (AvgIpc) is 1.97. The molecular weight excluding hydrogens is 144 g/mol. The minimum absolute atomic E-state index is 0.00190. The number of ketones is 1. The number of Topliss-reactive ketones (excluding diaryl/α,β-unsaturated/α-hetero) is 1. The lowest BCUT2D eigenvalue weighted by Gasteiger charge is -1.99. The number of carbonyl (C=O) groups excluding carboxylic acids is 2. The summed E-state index contributed by atoms with van der Waals surface area (Å²) in [5, 5.41) is 0. The minimum Gasteiger partial charge on any atom is -0.458 e. The van der Waals surface area contributed by atoms with Gasteiger partial charge in [0.05, 0.1) is 0 Å². The number of hydrogen-bond acceptors (Lipinski definition) is 3. The molecule has 0 bridgehead atoms. The molecule has 0 rings (SSSR count). The Morgan fingerprint density at radius 2 is 2.00 bits per heavy atom. The summed E-state index contributed by atoms with van der Waals surface area (Å²) in [6, 6.07) is 0. The van der Waals surface area contributed by atoms with E-state index in [4.69, 9.17) is 0 Å². The van der Waals surface area contributed by atoms with E-state index in [1.54, 1.807) is 0 Å². The van der Waals surface area contributed by atoms with Crippen LogP contribution in [0, 0.1) is 0 Å². The summed E-state index contributed by atoms with van der Waals surface area (Å²) in [5.41, 5.74) is 0. The minimum atomic E-state index is -0.394. The van der Waals surface area contributed by atoms with Gasteiger partial charge in [-0.15, -0.1) is 0 Å². The normalized spacial score (nSPS) is 9.27. The number of rotatable bonds is 5. The van der Waals surface area contributed by atoms with Crippen LogP contribution in [0.5, 0.6) is 0 Å². The molecule has 64 valence electrons. The Kier molecular flexibility index (Phi) is 5.43. The van der Waals surface area contributed by atoms with Crippen LogP contribution in [0.3, 0.4) is 0 Å². The van der Waals surface area contributed by atoms with E-state index in [-0.39, 0.29) is 12.4 Å². The summed E-state index contributed by atoms with van der Waals surface area (Å²) >= 11 is 0. The molecule has 0 aromatic rings. The van der Waals surface area contributed by atoms with E-state index in [2.05, 4.69) is 4.74 Å². The summed E-state index contributed by atoms with van der Waals surface area (Å²) < 4.78 is 4.51. The molecule has 11 heavy (non-hydrogen) atoms. The molecule has 0 N–H and O–H groups in total. The van der Waals surface area contributed by atoms with Crippen molar-refractivity contribution in [3.8, 4) is 0 Å². The van der Waals surface area contributed by atoms with Crippen LogP contribution in [-0.2, 0) is 14.3 Å². The van der Waals surface area contributed by atoms with Crippen molar-refractivity contribution in [1.29, 1.82) is 0 Å². The largest absolute Gasteiger partial charge is 0.458 e. The van der Waals surface area contributed by atoms with Crippen molar-refractivity contribution in [2.24, 2.45) is 0 Å². The van der Waals surface area contributed by atoms with E-state index >= 15 is 0 Å². The molecule has 0 atom stereocenters. The molecule has 0 aliphatic heterocycles. The topological polar surface area (TPSA) is 43.4 Å². The molecule has 0 amide bonds.